The Morgan fingerprint density at radius 3 is 2.50 bits per heavy atom. The zero-order valence-corrected chi connectivity index (χ0v) is 12.9. The van der Waals surface area contributed by atoms with Crippen LogP contribution < -0.4 is 0 Å². The summed E-state index contributed by atoms with van der Waals surface area (Å²) in [6.07, 6.45) is 0. The standard InChI is InChI=1S/C12H21NO3S2/c1-9(5-14)7-18(15,16)8-10-6-17-11(13-10)12(2,3)4/h6,9,14H,5,7-8H2,1-4H3. The minimum atomic E-state index is -3.19. The number of hydrogen-bond donors (Lipinski definition) is 1. The summed E-state index contributed by atoms with van der Waals surface area (Å²) in [5.74, 6) is -0.258. The number of nitrogens with zero attached hydrogens (tertiary/aromatic N) is 1. The molecule has 1 N–H and O–H groups in total. The topological polar surface area (TPSA) is 67.3 Å². The first-order chi connectivity index (χ1) is 8.14. The van der Waals surface area contributed by atoms with Crippen LogP contribution in [-0.2, 0) is 21.0 Å². The lowest BCUT2D eigenvalue weighted by atomic mass is 9.98. The van der Waals surface area contributed by atoms with Gasteiger partial charge in [0.25, 0.3) is 0 Å². The van der Waals surface area contributed by atoms with Gasteiger partial charge in [-0.15, -0.1) is 11.3 Å². The van der Waals surface area contributed by atoms with Crippen LogP contribution in [0.3, 0.4) is 0 Å². The lowest BCUT2D eigenvalue weighted by Gasteiger charge is -2.13. The fourth-order valence-electron chi connectivity index (χ4n) is 1.49. The van der Waals surface area contributed by atoms with Crippen molar-refractivity contribution in [1.82, 2.24) is 4.98 Å². The third-order valence-electron chi connectivity index (χ3n) is 2.41. The van der Waals surface area contributed by atoms with Crippen molar-refractivity contribution in [3.63, 3.8) is 0 Å². The molecule has 18 heavy (non-hydrogen) atoms. The zero-order valence-electron chi connectivity index (χ0n) is 11.3. The first-order valence-electron chi connectivity index (χ1n) is 5.90. The normalized spacial score (nSPS) is 14.7. The third-order valence-corrected chi connectivity index (χ3v) is 5.54. The van der Waals surface area contributed by atoms with E-state index in [2.05, 4.69) is 25.8 Å². The summed E-state index contributed by atoms with van der Waals surface area (Å²) in [6.45, 7) is 7.77. The second-order valence-corrected chi connectivity index (χ2v) is 8.70. The van der Waals surface area contributed by atoms with Crippen molar-refractivity contribution in [3.8, 4) is 0 Å². The molecule has 0 aliphatic carbocycles. The summed E-state index contributed by atoms with van der Waals surface area (Å²) in [5, 5.41) is 11.7. The van der Waals surface area contributed by atoms with Crippen molar-refractivity contribution in [1.29, 1.82) is 0 Å². The van der Waals surface area contributed by atoms with E-state index >= 15 is 0 Å². The van der Waals surface area contributed by atoms with Gasteiger partial charge in [-0.25, -0.2) is 13.4 Å². The number of hydrogen-bond acceptors (Lipinski definition) is 5. The van der Waals surface area contributed by atoms with Crippen LogP contribution in [0.2, 0.25) is 0 Å². The average molecular weight is 291 g/mol. The summed E-state index contributed by atoms with van der Waals surface area (Å²) in [5.41, 5.74) is 0.556. The van der Waals surface area contributed by atoms with Crippen LogP contribution >= 0.6 is 11.3 Å². The number of sulfone groups is 1. The Hall–Kier alpha value is -0.460. The predicted octanol–water partition coefficient (Wildman–Crippen LogP) is 1.98. The van der Waals surface area contributed by atoms with Gasteiger partial charge < -0.3 is 5.11 Å². The molecular formula is C12H21NO3S2. The predicted molar refractivity (Wildman–Crippen MR) is 74.6 cm³/mol. The molecule has 104 valence electrons. The van der Waals surface area contributed by atoms with Crippen LogP contribution in [0.25, 0.3) is 0 Å². The molecule has 0 spiro atoms. The molecular weight excluding hydrogens is 270 g/mol. The van der Waals surface area contributed by atoms with Crippen molar-refractivity contribution in [2.45, 2.75) is 38.9 Å². The quantitative estimate of drug-likeness (QED) is 0.901. The third kappa shape index (κ3) is 4.66. The van der Waals surface area contributed by atoms with Crippen molar-refractivity contribution in [3.05, 3.63) is 16.1 Å². The minimum Gasteiger partial charge on any atom is -0.396 e. The Morgan fingerprint density at radius 1 is 1.44 bits per heavy atom. The van der Waals surface area contributed by atoms with Crippen molar-refractivity contribution in [2.75, 3.05) is 12.4 Å². The molecule has 1 heterocycles. The van der Waals surface area contributed by atoms with E-state index in [-0.39, 0.29) is 29.4 Å². The van der Waals surface area contributed by atoms with Crippen molar-refractivity contribution >= 4 is 21.2 Å². The van der Waals surface area contributed by atoms with Crippen LogP contribution in [-0.4, -0.2) is 30.9 Å². The van der Waals surface area contributed by atoms with Gasteiger partial charge in [-0.3, -0.25) is 0 Å². The molecule has 4 nitrogen and oxygen atoms in total. The van der Waals surface area contributed by atoms with Crippen molar-refractivity contribution in [2.24, 2.45) is 5.92 Å². The van der Waals surface area contributed by atoms with Gasteiger partial charge in [-0.1, -0.05) is 27.7 Å². The van der Waals surface area contributed by atoms with Crippen LogP contribution in [0.15, 0.2) is 5.38 Å². The van der Waals surface area contributed by atoms with Gasteiger partial charge in [0.05, 0.1) is 22.2 Å². The van der Waals surface area contributed by atoms with E-state index < -0.39 is 9.84 Å². The monoisotopic (exact) mass is 291 g/mol. The Bertz CT molecular complexity index is 486. The molecule has 1 atom stereocenters. The Morgan fingerprint density at radius 2 is 2.06 bits per heavy atom. The summed E-state index contributed by atoms with van der Waals surface area (Å²) in [6, 6.07) is 0. The Balaban J connectivity index is 2.76. The largest absolute Gasteiger partial charge is 0.396 e. The second-order valence-electron chi connectivity index (χ2n) is 5.74. The van der Waals surface area contributed by atoms with E-state index in [0.717, 1.165) is 5.01 Å². The second kappa shape index (κ2) is 5.67. The van der Waals surface area contributed by atoms with Crippen LogP contribution in [0.5, 0.6) is 0 Å². The van der Waals surface area contributed by atoms with Gasteiger partial charge in [0.2, 0.25) is 0 Å². The summed E-state index contributed by atoms with van der Waals surface area (Å²) < 4.78 is 23.8. The van der Waals surface area contributed by atoms with Gasteiger partial charge in [-0.05, 0) is 5.92 Å². The number of aliphatic hydroxyl groups excluding tert-OH is 1. The summed E-state index contributed by atoms with van der Waals surface area (Å²) in [4.78, 5) is 4.38. The highest BCUT2D eigenvalue weighted by molar-refractivity contribution is 7.90. The van der Waals surface area contributed by atoms with E-state index in [0.29, 0.717) is 5.69 Å². The molecule has 0 radical (unpaired) electrons. The fourth-order valence-corrected chi connectivity index (χ4v) is 4.19. The highest BCUT2D eigenvalue weighted by Gasteiger charge is 2.21. The van der Waals surface area contributed by atoms with E-state index in [4.69, 9.17) is 5.11 Å². The summed E-state index contributed by atoms with van der Waals surface area (Å²) >= 11 is 1.50. The lowest BCUT2D eigenvalue weighted by molar-refractivity contribution is 0.249. The molecule has 0 aliphatic heterocycles. The molecule has 0 saturated carbocycles. The molecule has 0 fully saturated rings. The van der Waals surface area contributed by atoms with E-state index in [1.165, 1.54) is 11.3 Å². The Labute approximate surface area is 113 Å². The smallest absolute Gasteiger partial charge is 0.156 e. The average Bonchev–Trinajstić information content (AvgIpc) is 2.63. The number of rotatable bonds is 5. The minimum absolute atomic E-state index is 0.00583. The number of aromatic nitrogens is 1. The van der Waals surface area contributed by atoms with Gasteiger partial charge in [0.1, 0.15) is 0 Å². The summed E-state index contributed by atoms with van der Waals surface area (Å²) in [7, 11) is -3.19. The number of aliphatic hydroxyl groups is 1. The molecule has 1 unspecified atom stereocenters. The van der Waals surface area contributed by atoms with Crippen molar-refractivity contribution < 1.29 is 13.5 Å². The lowest BCUT2D eigenvalue weighted by Crippen LogP contribution is -2.18. The molecule has 0 amide bonds. The highest BCUT2D eigenvalue weighted by atomic mass is 32.2. The van der Waals surface area contributed by atoms with Crippen LogP contribution in [0.4, 0.5) is 0 Å². The molecule has 6 heteroatoms. The van der Waals surface area contributed by atoms with E-state index in [1.54, 1.807) is 6.92 Å². The van der Waals surface area contributed by atoms with Crippen LogP contribution in [0, 0.1) is 5.92 Å². The SMILES string of the molecule is CC(CO)CS(=O)(=O)Cc1csc(C(C)(C)C)n1. The first kappa shape index (κ1) is 15.6. The molecule has 0 aromatic carbocycles. The highest BCUT2D eigenvalue weighted by Crippen LogP contribution is 2.26. The maximum Gasteiger partial charge on any atom is 0.156 e. The fraction of sp³-hybridized carbons (Fsp3) is 0.750. The first-order valence-corrected chi connectivity index (χ1v) is 8.60. The van der Waals surface area contributed by atoms with Gasteiger partial charge in [-0.2, -0.15) is 0 Å². The molecule has 0 saturated heterocycles. The molecule has 1 aromatic heterocycles. The zero-order chi connectivity index (χ0) is 14.0. The van der Waals surface area contributed by atoms with Gasteiger partial charge >= 0.3 is 0 Å². The molecule has 0 bridgehead atoms. The molecule has 1 rings (SSSR count). The maximum absolute atomic E-state index is 11.9. The van der Waals surface area contributed by atoms with Gasteiger partial charge in [0, 0.05) is 17.4 Å². The molecule has 1 aromatic rings. The molecule has 0 aliphatic rings. The van der Waals surface area contributed by atoms with Gasteiger partial charge in [0.15, 0.2) is 9.84 Å². The van der Waals surface area contributed by atoms with Crippen LogP contribution in [0.1, 0.15) is 38.4 Å². The number of thiazole rings is 1. The van der Waals surface area contributed by atoms with E-state index in [1.807, 2.05) is 5.38 Å². The van der Waals surface area contributed by atoms with E-state index in [9.17, 15) is 8.42 Å². The Kier molecular flexibility index (Phi) is 4.91. The maximum atomic E-state index is 11.9.